The van der Waals surface area contributed by atoms with Crippen molar-refractivity contribution >= 4 is 0 Å². The molecule has 0 saturated heterocycles. The van der Waals surface area contributed by atoms with Gasteiger partial charge >= 0.3 is 0 Å². The van der Waals surface area contributed by atoms with E-state index < -0.39 is 0 Å². The molecule has 0 radical (unpaired) electrons. The highest BCUT2D eigenvalue weighted by Crippen LogP contribution is 2.25. The van der Waals surface area contributed by atoms with E-state index in [4.69, 9.17) is 14.6 Å². The Morgan fingerprint density at radius 1 is 1.04 bits per heavy atom. The van der Waals surface area contributed by atoms with Crippen LogP contribution in [0.1, 0.15) is 25.8 Å². The van der Waals surface area contributed by atoms with Crippen molar-refractivity contribution in [1.29, 1.82) is 0 Å². The fourth-order valence-corrected chi connectivity index (χ4v) is 3.07. The van der Waals surface area contributed by atoms with E-state index >= 15 is 0 Å². The Morgan fingerprint density at radius 3 is 2.46 bits per heavy atom. The monoisotopic (exact) mass is 380 g/mol. The number of hydrogen-bond acceptors (Lipinski definition) is 3. The predicted octanol–water partition coefficient (Wildman–Crippen LogP) is 3.43. The molecule has 3 rings (SSSR count). The zero-order chi connectivity index (χ0) is 19.8. The summed E-state index contributed by atoms with van der Waals surface area (Å²) < 4.78 is 12.9. The molecule has 2 N–H and O–H groups in total. The van der Waals surface area contributed by atoms with E-state index in [2.05, 4.69) is 49.6 Å². The molecule has 1 aromatic heterocycles. The molecule has 28 heavy (non-hydrogen) atoms. The molecule has 0 aliphatic carbocycles. The van der Waals surface area contributed by atoms with Crippen LogP contribution >= 0.6 is 0 Å². The summed E-state index contributed by atoms with van der Waals surface area (Å²) in [5.74, 6) is 0.851. The number of para-hydroxylation sites is 1. The van der Waals surface area contributed by atoms with Crippen molar-refractivity contribution in [3.8, 4) is 22.7 Å². The van der Waals surface area contributed by atoms with Gasteiger partial charge in [-0.2, -0.15) is 5.10 Å². The topological polar surface area (TPSA) is 52.9 Å². The third-order valence-corrected chi connectivity index (χ3v) is 4.54. The lowest BCUT2D eigenvalue weighted by molar-refractivity contribution is -0.671. The van der Waals surface area contributed by atoms with Gasteiger partial charge in [-0.05, 0) is 50.2 Å². The predicted molar refractivity (Wildman–Crippen MR) is 112 cm³/mol. The van der Waals surface area contributed by atoms with Crippen LogP contribution in [0.25, 0.3) is 16.9 Å². The minimum absolute atomic E-state index is 0.297. The Bertz CT molecular complexity index is 842. The number of nitrogens with zero attached hydrogens (tertiary/aromatic N) is 2. The maximum Gasteiger partial charge on any atom is 0.118 e. The van der Waals surface area contributed by atoms with E-state index in [-0.39, 0.29) is 0 Å². The van der Waals surface area contributed by atoms with Gasteiger partial charge in [0.25, 0.3) is 0 Å². The largest absolute Gasteiger partial charge is 0.497 e. The second-order valence-electron chi connectivity index (χ2n) is 7.07. The Labute approximate surface area is 167 Å². The summed E-state index contributed by atoms with van der Waals surface area (Å²) in [6, 6.07) is 18.3. The highest BCUT2D eigenvalue weighted by atomic mass is 16.5. The van der Waals surface area contributed by atoms with Gasteiger partial charge in [-0.15, -0.1) is 0 Å². The number of hydrogen-bond donors (Lipinski definition) is 1. The fraction of sp³-hybridized carbons (Fsp3) is 0.348. The Kier molecular flexibility index (Phi) is 7.23. The van der Waals surface area contributed by atoms with Crippen LogP contribution in [0.3, 0.4) is 0 Å². The number of aromatic nitrogens is 2. The fourth-order valence-electron chi connectivity index (χ4n) is 3.07. The first-order valence-electron chi connectivity index (χ1n) is 9.89. The first-order chi connectivity index (χ1) is 13.7. The molecule has 0 atom stereocenters. The van der Waals surface area contributed by atoms with Crippen molar-refractivity contribution in [2.45, 2.75) is 32.9 Å². The van der Waals surface area contributed by atoms with Crippen LogP contribution in [0.4, 0.5) is 0 Å². The van der Waals surface area contributed by atoms with Gasteiger partial charge in [0, 0.05) is 18.2 Å². The normalized spacial score (nSPS) is 11.1. The SMILES string of the molecule is COc1ccc(-c2nn(-c3ccccc3)cc2C[NH2+]CCCOC(C)C)cc1. The van der Waals surface area contributed by atoms with Gasteiger partial charge in [-0.3, -0.25) is 0 Å². The zero-order valence-electron chi connectivity index (χ0n) is 17.0. The molecule has 0 fully saturated rings. The Morgan fingerprint density at radius 2 is 1.79 bits per heavy atom. The molecule has 2 aromatic carbocycles. The summed E-state index contributed by atoms with van der Waals surface area (Å²) in [5.41, 5.74) is 4.40. The number of ether oxygens (including phenoxy) is 2. The summed E-state index contributed by atoms with van der Waals surface area (Å²) in [6.07, 6.45) is 3.48. The molecule has 0 amide bonds. The number of quaternary nitrogens is 1. The quantitative estimate of drug-likeness (QED) is 0.548. The summed E-state index contributed by atoms with van der Waals surface area (Å²) in [6.45, 7) is 6.87. The molecular weight excluding hydrogens is 350 g/mol. The average molecular weight is 381 g/mol. The van der Waals surface area contributed by atoms with Crippen molar-refractivity contribution < 1.29 is 14.8 Å². The second kappa shape index (κ2) is 10.1. The van der Waals surface area contributed by atoms with Crippen LogP contribution in [0.5, 0.6) is 5.75 Å². The number of nitrogens with two attached hydrogens (primary N) is 1. The highest BCUT2D eigenvalue weighted by molar-refractivity contribution is 5.64. The van der Waals surface area contributed by atoms with Crippen molar-refractivity contribution in [1.82, 2.24) is 9.78 Å². The summed E-state index contributed by atoms with van der Waals surface area (Å²) in [5, 5.41) is 7.20. The third kappa shape index (κ3) is 5.44. The minimum atomic E-state index is 0.297. The van der Waals surface area contributed by atoms with Crippen molar-refractivity contribution in [3.63, 3.8) is 0 Å². The molecule has 5 nitrogen and oxygen atoms in total. The average Bonchev–Trinajstić information content (AvgIpc) is 3.15. The summed E-state index contributed by atoms with van der Waals surface area (Å²) in [4.78, 5) is 0. The van der Waals surface area contributed by atoms with Crippen molar-refractivity contribution in [3.05, 3.63) is 66.4 Å². The number of rotatable bonds is 10. The van der Waals surface area contributed by atoms with E-state index in [0.29, 0.717) is 6.10 Å². The number of benzene rings is 2. The van der Waals surface area contributed by atoms with E-state index in [1.54, 1.807) is 7.11 Å². The first-order valence-corrected chi connectivity index (χ1v) is 9.89. The minimum Gasteiger partial charge on any atom is -0.497 e. The first kappa shape index (κ1) is 20.1. The molecule has 1 heterocycles. The van der Waals surface area contributed by atoms with E-state index in [1.165, 1.54) is 5.56 Å². The summed E-state index contributed by atoms with van der Waals surface area (Å²) in [7, 11) is 1.68. The van der Waals surface area contributed by atoms with Crippen LogP contribution in [-0.4, -0.2) is 36.1 Å². The molecule has 0 aliphatic rings. The smallest absolute Gasteiger partial charge is 0.118 e. The maximum atomic E-state index is 5.62. The maximum absolute atomic E-state index is 5.62. The zero-order valence-corrected chi connectivity index (χ0v) is 17.0. The van der Waals surface area contributed by atoms with Gasteiger partial charge in [0.15, 0.2) is 0 Å². The van der Waals surface area contributed by atoms with Gasteiger partial charge in [0.05, 0.1) is 37.6 Å². The van der Waals surface area contributed by atoms with Crippen LogP contribution < -0.4 is 10.1 Å². The third-order valence-electron chi connectivity index (χ3n) is 4.54. The lowest BCUT2D eigenvalue weighted by atomic mass is 10.1. The standard InChI is InChI=1S/C23H29N3O2/c1-18(2)28-15-7-14-24-16-20-17-26(21-8-5-4-6-9-21)25-23(20)19-10-12-22(27-3)13-11-19/h4-6,8-13,17-18,24H,7,14-16H2,1-3H3/p+1. The van der Waals surface area contributed by atoms with Crippen LogP contribution in [0.15, 0.2) is 60.8 Å². The molecule has 0 bridgehead atoms. The molecule has 0 unspecified atom stereocenters. The molecule has 0 saturated carbocycles. The molecule has 0 spiro atoms. The van der Waals surface area contributed by atoms with Gasteiger partial charge in [-0.1, -0.05) is 18.2 Å². The van der Waals surface area contributed by atoms with E-state index in [9.17, 15) is 0 Å². The molecule has 148 valence electrons. The van der Waals surface area contributed by atoms with Crippen LogP contribution in [0.2, 0.25) is 0 Å². The van der Waals surface area contributed by atoms with Gasteiger partial charge in [0.2, 0.25) is 0 Å². The van der Waals surface area contributed by atoms with Gasteiger partial charge in [-0.25, -0.2) is 4.68 Å². The van der Waals surface area contributed by atoms with E-state index in [1.807, 2.05) is 35.0 Å². The number of methoxy groups -OCH3 is 1. The molecule has 0 aliphatic heterocycles. The second-order valence-corrected chi connectivity index (χ2v) is 7.07. The van der Waals surface area contributed by atoms with Crippen molar-refractivity contribution in [2.24, 2.45) is 0 Å². The summed E-state index contributed by atoms with van der Waals surface area (Å²) >= 11 is 0. The van der Waals surface area contributed by atoms with Gasteiger partial charge < -0.3 is 14.8 Å². The van der Waals surface area contributed by atoms with Crippen LogP contribution in [0, 0.1) is 0 Å². The molecule has 3 aromatic rings. The lowest BCUT2D eigenvalue weighted by Gasteiger charge is -2.07. The molecular formula is C23H30N3O2+. The molecule has 5 heteroatoms. The highest BCUT2D eigenvalue weighted by Gasteiger charge is 2.14. The van der Waals surface area contributed by atoms with Gasteiger partial charge in [0.1, 0.15) is 18.0 Å². The lowest BCUT2D eigenvalue weighted by Crippen LogP contribution is -2.82. The Balaban J connectivity index is 1.75. The Hall–Kier alpha value is -2.63. The van der Waals surface area contributed by atoms with E-state index in [0.717, 1.165) is 48.8 Å². The van der Waals surface area contributed by atoms with Crippen LogP contribution in [-0.2, 0) is 11.3 Å². The van der Waals surface area contributed by atoms with Crippen molar-refractivity contribution in [2.75, 3.05) is 20.3 Å².